The number of carboxylic acids is 1. The Bertz CT molecular complexity index is 960. The first kappa shape index (κ1) is 21.6. The van der Waals surface area contributed by atoms with Crippen molar-refractivity contribution < 1.29 is 15.0 Å². The maximum Gasteiger partial charge on any atom is 0.303 e. The fraction of sp³-hybridized carbons (Fsp3) is 0.393. The van der Waals surface area contributed by atoms with Crippen LogP contribution in [-0.4, -0.2) is 22.3 Å². The van der Waals surface area contributed by atoms with Crippen LogP contribution in [0.25, 0.3) is 11.1 Å². The summed E-state index contributed by atoms with van der Waals surface area (Å²) in [6.07, 6.45) is 6.11. The Hall–Kier alpha value is -2.65. The summed E-state index contributed by atoms with van der Waals surface area (Å²) in [6.45, 7) is 4.60. The van der Waals surface area contributed by atoms with Gasteiger partial charge in [-0.1, -0.05) is 79.2 Å². The van der Waals surface area contributed by atoms with E-state index >= 15 is 0 Å². The monoisotopic (exact) mass is 416 g/mol. The predicted octanol–water partition coefficient (Wildman–Crippen LogP) is 6.35. The molecule has 0 bridgehead atoms. The maximum absolute atomic E-state index is 11.0. The molecular formula is C28H32O3. The van der Waals surface area contributed by atoms with Gasteiger partial charge >= 0.3 is 5.97 Å². The summed E-state index contributed by atoms with van der Waals surface area (Å²) in [5.41, 5.74) is 6.05. The molecule has 3 nitrogen and oxygen atoms in total. The van der Waals surface area contributed by atoms with Crippen LogP contribution in [0.4, 0.5) is 0 Å². The number of carbonyl (C=O) groups is 1. The van der Waals surface area contributed by atoms with Crippen molar-refractivity contribution in [3.63, 3.8) is 0 Å². The topological polar surface area (TPSA) is 57.5 Å². The van der Waals surface area contributed by atoms with Gasteiger partial charge in [0.25, 0.3) is 0 Å². The number of carboxylic acid groups (broad SMARTS) is 1. The molecule has 2 aromatic carbocycles. The molecular weight excluding hydrogens is 384 g/mol. The van der Waals surface area contributed by atoms with E-state index in [1.807, 2.05) is 12.1 Å². The first-order valence-corrected chi connectivity index (χ1v) is 11.5. The lowest BCUT2D eigenvalue weighted by Crippen LogP contribution is -2.29. The smallest absolute Gasteiger partial charge is 0.303 e. The maximum atomic E-state index is 11.0. The first-order valence-electron chi connectivity index (χ1n) is 11.5. The average molecular weight is 417 g/mol. The lowest BCUT2D eigenvalue weighted by Gasteiger charge is -2.37. The summed E-state index contributed by atoms with van der Waals surface area (Å²) in [6, 6.07) is 21.0. The van der Waals surface area contributed by atoms with Gasteiger partial charge in [0, 0.05) is 17.8 Å². The number of hydrogen-bond acceptors (Lipinski definition) is 2. The molecule has 31 heavy (non-hydrogen) atoms. The number of rotatable bonds is 9. The zero-order valence-corrected chi connectivity index (χ0v) is 18.1. The molecule has 3 atom stereocenters. The van der Waals surface area contributed by atoms with Crippen LogP contribution in [0.15, 0.2) is 72.8 Å². The van der Waals surface area contributed by atoms with Crippen molar-refractivity contribution in [3.8, 4) is 0 Å². The van der Waals surface area contributed by atoms with Crippen LogP contribution in [0.2, 0.25) is 0 Å². The van der Waals surface area contributed by atoms with Crippen molar-refractivity contribution in [2.75, 3.05) is 0 Å². The minimum Gasteiger partial charge on any atom is -0.481 e. The van der Waals surface area contributed by atoms with E-state index in [2.05, 4.69) is 55.1 Å². The molecule has 0 spiro atoms. The van der Waals surface area contributed by atoms with E-state index in [4.69, 9.17) is 5.11 Å². The zero-order chi connectivity index (χ0) is 21.8. The summed E-state index contributed by atoms with van der Waals surface area (Å²) < 4.78 is 0. The van der Waals surface area contributed by atoms with Crippen LogP contribution < -0.4 is 0 Å². The van der Waals surface area contributed by atoms with Crippen LogP contribution >= 0.6 is 0 Å². The molecule has 4 rings (SSSR count). The van der Waals surface area contributed by atoms with Crippen molar-refractivity contribution >= 4 is 17.1 Å². The molecule has 2 N–H and O–H groups in total. The Labute approximate surface area is 185 Å². The average Bonchev–Trinajstić information content (AvgIpc) is 3.29. The Morgan fingerprint density at radius 2 is 1.68 bits per heavy atom. The molecule has 0 heterocycles. The molecule has 1 fully saturated rings. The third kappa shape index (κ3) is 4.12. The van der Waals surface area contributed by atoms with E-state index in [0.717, 1.165) is 56.1 Å². The summed E-state index contributed by atoms with van der Waals surface area (Å²) in [5, 5.41) is 19.9. The normalized spacial score (nSPS) is 24.9. The molecule has 0 aliphatic heterocycles. The second-order valence-electron chi connectivity index (χ2n) is 9.03. The Balaban J connectivity index is 1.72. The van der Waals surface area contributed by atoms with E-state index in [1.165, 1.54) is 16.7 Å². The number of aliphatic hydroxyl groups excluding tert-OH is 1. The molecule has 0 saturated heterocycles. The van der Waals surface area contributed by atoms with Gasteiger partial charge in [0.2, 0.25) is 0 Å². The second kappa shape index (κ2) is 9.23. The van der Waals surface area contributed by atoms with Gasteiger partial charge in [-0.15, -0.1) is 0 Å². The van der Waals surface area contributed by atoms with E-state index in [-0.39, 0.29) is 23.9 Å². The fourth-order valence-electron chi connectivity index (χ4n) is 5.90. The highest BCUT2D eigenvalue weighted by molar-refractivity contribution is 5.90. The summed E-state index contributed by atoms with van der Waals surface area (Å²) in [5.74, 6) is -0.565. The molecule has 0 amide bonds. The minimum absolute atomic E-state index is 0.157. The van der Waals surface area contributed by atoms with E-state index in [1.54, 1.807) is 0 Å². The number of allylic oxidation sites excluding steroid dienone is 3. The third-order valence-electron chi connectivity index (χ3n) is 7.29. The van der Waals surface area contributed by atoms with Gasteiger partial charge in [0.15, 0.2) is 0 Å². The van der Waals surface area contributed by atoms with Gasteiger partial charge in [-0.3, -0.25) is 4.79 Å². The number of aliphatic carboxylic acids is 1. The zero-order valence-electron chi connectivity index (χ0n) is 18.1. The van der Waals surface area contributed by atoms with Crippen molar-refractivity contribution in [2.45, 2.75) is 57.5 Å². The number of hydrogen-bond donors (Lipinski definition) is 2. The first-order chi connectivity index (χ1) is 15.0. The van der Waals surface area contributed by atoms with Crippen LogP contribution in [0.5, 0.6) is 0 Å². The van der Waals surface area contributed by atoms with Crippen LogP contribution in [-0.2, 0) is 4.79 Å². The van der Waals surface area contributed by atoms with Crippen molar-refractivity contribution in [3.05, 3.63) is 83.9 Å². The second-order valence-corrected chi connectivity index (χ2v) is 9.03. The molecule has 3 heteroatoms. The van der Waals surface area contributed by atoms with Crippen LogP contribution in [0.1, 0.15) is 62.5 Å². The van der Waals surface area contributed by atoms with Gasteiger partial charge in [-0.05, 0) is 60.8 Å². The minimum atomic E-state index is -0.721. The fourth-order valence-corrected chi connectivity index (χ4v) is 5.90. The highest BCUT2D eigenvalue weighted by Crippen LogP contribution is 2.66. The Kier molecular flexibility index (Phi) is 6.43. The molecule has 0 radical (unpaired) electrons. The lowest BCUT2D eigenvalue weighted by molar-refractivity contribution is -0.137. The van der Waals surface area contributed by atoms with E-state index in [9.17, 15) is 9.90 Å². The largest absolute Gasteiger partial charge is 0.481 e. The third-order valence-corrected chi connectivity index (χ3v) is 7.29. The highest BCUT2D eigenvalue weighted by atomic mass is 16.4. The van der Waals surface area contributed by atoms with Gasteiger partial charge in [0.05, 0.1) is 6.10 Å². The van der Waals surface area contributed by atoms with Gasteiger partial charge in [0.1, 0.15) is 0 Å². The summed E-state index contributed by atoms with van der Waals surface area (Å²) >= 11 is 0. The number of aliphatic hydroxyl groups is 1. The molecule has 2 aromatic rings. The Morgan fingerprint density at radius 3 is 2.35 bits per heavy atom. The molecule has 162 valence electrons. The van der Waals surface area contributed by atoms with Crippen LogP contribution in [0.3, 0.4) is 0 Å². The standard InChI is InChI=1S/C28H32O3/c1-20(21-11-5-2-6-12-21)28-18-17-25(29)24(28)19-23(15-9-4-10-16-26(30)31)27(28)22-13-7-3-8-14-22/h2-3,5-8,11-14,24-25,29H,1,4,9-10,15-19H2,(H,30,31)/t24-,25+,28-/m0/s1. The molecule has 2 aliphatic rings. The number of fused-ring (bicyclic) bond motifs is 1. The SMILES string of the molecule is C=C(c1ccccc1)[C@@]12CC[C@@H](O)[C@@H]1CC(CCCCCC(=O)O)=C2c1ccccc1. The Morgan fingerprint density at radius 1 is 1.00 bits per heavy atom. The summed E-state index contributed by atoms with van der Waals surface area (Å²) in [4.78, 5) is 10.8. The van der Waals surface area contributed by atoms with Crippen molar-refractivity contribution in [1.82, 2.24) is 0 Å². The number of benzene rings is 2. The van der Waals surface area contributed by atoms with E-state index in [0.29, 0.717) is 0 Å². The summed E-state index contributed by atoms with van der Waals surface area (Å²) in [7, 11) is 0. The van der Waals surface area contributed by atoms with Gasteiger partial charge in [-0.25, -0.2) is 0 Å². The van der Waals surface area contributed by atoms with Crippen molar-refractivity contribution in [1.29, 1.82) is 0 Å². The number of unbranched alkanes of at least 4 members (excludes halogenated alkanes) is 2. The quantitative estimate of drug-likeness (QED) is 0.468. The van der Waals surface area contributed by atoms with Gasteiger partial charge < -0.3 is 10.2 Å². The molecule has 0 aromatic heterocycles. The van der Waals surface area contributed by atoms with Crippen molar-refractivity contribution in [2.24, 2.45) is 11.3 Å². The lowest BCUT2D eigenvalue weighted by atomic mass is 9.66. The van der Waals surface area contributed by atoms with Gasteiger partial charge in [-0.2, -0.15) is 0 Å². The van der Waals surface area contributed by atoms with E-state index < -0.39 is 5.97 Å². The highest BCUT2D eigenvalue weighted by Gasteiger charge is 2.56. The molecule has 0 unspecified atom stereocenters. The molecule has 1 saturated carbocycles. The van der Waals surface area contributed by atoms with Crippen LogP contribution in [0, 0.1) is 11.3 Å². The predicted molar refractivity (Wildman–Crippen MR) is 125 cm³/mol. The molecule has 2 aliphatic carbocycles.